The Balaban J connectivity index is 0.00000231. The van der Waals surface area contributed by atoms with E-state index in [0.29, 0.717) is 16.6 Å². The molecule has 1 N–H and O–H groups in total. The van der Waals surface area contributed by atoms with E-state index in [0.717, 1.165) is 10.9 Å². The van der Waals surface area contributed by atoms with E-state index in [9.17, 15) is 13.6 Å². The van der Waals surface area contributed by atoms with E-state index < -0.39 is 18.4 Å². The number of carbonyl (C=O) groups is 1. The molecule has 1 aliphatic heterocycles. The molecule has 5 rings (SSSR count). The van der Waals surface area contributed by atoms with Crippen molar-refractivity contribution in [3.63, 3.8) is 0 Å². The van der Waals surface area contributed by atoms with Gasteiger partial charge in [-0.1, -0.05) is 18.2 Å². The first-order valence-corrected chi connectivity index (χ1v) is 9.63. The molecular weight excluding hydrogens is 426 g/mol. The summed E-state index contributed by atoms with van der Waals surface area (Å²) >= 11 is 0. The zero-order valence-corrected chi connectivity index (χ0v) is 17.1. The van der Waals surface area contributed by atoms with Crippen LogP contribution >= 0.6 is 12.4 Å². The summed E-state index contributed by atoms with van der Waals surface area (Å²) in [6.45, 7) is -0.295. The lowest BCUT2D eigenvalue weighted by Crippen LogP contribution is -2.55. The Kier molecular flexibility index (Phi) is 5.49. The number of carbonyl (C=O) groups excluding carboxylic acids is 1. The third-order valence-corrected chi connectivity index (χ3v) is 5.36. The molecule has 9 heteroatoms. The molecule has 0 radical (unpaired) electrons. The lowest BCUT2D eigenvalue weighted by atomic mass is 10.0. The number of piperidine rings is 1. The highest BCUT2D eigenvalue weighted by molar-refractivity contribution is 6.05. The third kappa shape index (κ3) is 3.90. The quantitative estimate of drug-likeness (QED) is 0.506. The molecule has 0 unspecified atom stereocenters. The zero-order valence-electron chi connectivity index (χ0n) is 16.3. The summed E-state index contributed by atoms with van der Waals surface area (Å²) in [5.74, 6) is -3.31. The first kappa shape index (κ1) is 21.0. The molecule has 1 saturated heterocycles. The van der Waals surface area contributed by atoms with Crippen molar-refractivity contribution in [2.45, 2.75) is 18.4 Å². The van der Waals surface area contributed by atoms with Crippen LogP contribution in [0.4, 0.5) is 8.78 Å². The maximum absolute atomic E-state index is 14.6. The Labute approximate surface area is 182 Å². The number of pyridine rings is 2. The smallest absolute Gasteiger partial charge is 0.287 e. The molecule has 1 fully saturated rings. The second-order valence-electron chi connectivity index (χ2n) is 7.31. The molecule has 0 bridgehead atoms. The molecule has 4 aromatic rings. The molecule has 160 valence electrons. The number of hydrogen-bond donors (Lipinski definition) is 1. The fourth-order valence-corrected chi connectivity index (χ4v) is 3.72. The number of rotatable bonds is 3. The number of alkyl halides is 2. The Morgan fingerprint density at radius 2 is 2.00 bits per heavy atom. The minimum Gasteiger partial charge on any atom is -0.466 e. The number of aromatic nitrogens is 3. The topological polar surface area (TPSA) is 71.1 Å². The summed E-state index contributed by atoms with van der Waals surface area (Å²) < 4.78 is 34.8. The summed E-state index contributed by atoms with van der Waals surface area (Å²) in [6.07, 6.45) is 1.19. The Morgan fingerprint density at radius 1 is 1.16 bits per heavy atom. The van der Waals surface area contributed by atoms with E-state index in [1.807, 2.05) is 18.2 Å². The van der Waals surface area contributed by atoms with Crippen molar-refractivity contribution in [1.29, 1.82) is 0 Å². The second kappa shape index (κ2) is 8.11. The van der Waals surface area contributed by atoms with E-state index in [2.05, 4.69) is 15.0 Å². The average Bonchev–Trinajstić information content (AvgIpc) is 3.19. The number of aromatic amines is 1. The average molecular weight is 445 g/mol. The van der Waals surface area contributed by atoms with Crippen LogP contribution in [0.3, 0.4) is 0 Å². The van der Waals surface area contributed by atoms with Gasteiger partial charge in [-0.2, -0.15) is 0 Å². The molecular formula is C22H19ClF2N4O2. The minimum atomic E-state index is -3.07. The van der Waals surface area contributed by atoms with Crippen molar-refractivity contribution in [2.75, 3.05) is 13.1 Å². The number of fused-ring (bicyclic) bond motifs is 2. The lowest BCUT2D eigenvalue weighted by molar-refractivity contribution is -0.131. The van der Waals surface area contributed by atoms with Crippen molar-refractivity contribution in [3.05, 3.63) is 66.5 Å². The van der Waals surface area contributed by atoms with Crippen LogP contribution in [0.25, 0.3) is 21.9 Å². The van der Waals surface area contributed by atoms with Crippen LogP contribution < -0.4 is 4.74 Å². The van der Waals surface area contributed by atoms with Gasteiger partial charge < -0.3 is 14.6 Å². The lowest BCUT2D eigenvalue weighted by Gasteiger charge is -2.37. The van der Waals surface area contributed by atoms with Gasteiger partial charge in [0.1, 0.15) is 5.52 Å². The van der Waals surface area contributed by atoms with Crippen molar-refractivity contribution >= 4 is 40.3 Å². The molecule has 0 spiro atoms. The van der Waals surface area contributed by atoms with Crippen molar-refractivity contribution in [2.24, 2.45) is 0 Å². The molecule has 0 aliphatic carbocycles. The van der Waals surface area contributed by atoms with Crippen LogP contribution in [0.5, 0.6) is 5.88 Å². The molecule has 0 saturated carbocycles. The van der Waals surface area contributed by atoms with Crippen molar-refractivity contribution < 1.29 is 18.3 Å². The molecule has 1 atom stereocenters. The van der Waals surface area contributed by atoms with Gasteiger partial charge in [-0.15, -0.1) is 12.4 Å². The number of nitrogens with one attached hydrogen (secondary N) is 1. The van der Waals surface area contributed by atoms with Crippen molar-refractivity contribution in [3.8, 4) is 5.88 Å². The van der Waals surface area contributed by atoms with Crippen LogP contribution in [-0.4, -0.2) is 50.9 Å². The van der Waals surface area contributed by atoms with Gasteiger partial charge in [0, 0.05) is 36.8 Å². The van der Waals surface area contributed by atoms with Gasteiger partial charge in [0.25, 0.3) is 11.8 Å². The summed E-state index contributed by atoms with van der Waals surface area (Å²) in [6, 6.07) is 14.3. The highest BCUT2D eigenvalue weighted by Gasteiger charge is 2.47. The zero-order chi connectivity index (χ0) is 20.7. The van der Waals surface area contributed by atoms with Gasteiger partial charge in [-0.25, -0.2) is 13.8 Å². The summed E-state index contributed by atoms with van der Waals surface area (Å²) in [5.41, 5.74) is 2.26. The monoisotopic (exact) mass is 444 g/mol. The number of amides is 1. The maximum Gasteiger partial charge on any atom is 0.287 e. The number of benzene rings is 1. The Bertz CT molecular complexity index is 1250. The number of H-pyrrole nitrogens is 1. The number of hydrogen-bond acceptors (Lipinski definition) is 4. The maximum atomic E-state index is 14.6. The van der Waals surface area contributed by atoms with E-state index in [4.69, 9.17) is 4.74 Å². The third-order valence-electron chi connectivity index (χ3n) is 5.36. The predicted octanol–water partition coefficient (Wildman–Crippen LogP) is 4.46. The standard InChI is InChI=1S/C22H18F2N4O2.ClH/c23-22(24)9-11-28(21(29)15-12-26-17-6-3-10-25-20(15)17)13-18(22)30-19-8-7-14-4-1-2-5-16(14)27-19;/h1-8,10,12,18,26H,9,11,13H2;1H/t18-;/m0./s1. The first-order chi connectivity index (χ1) is 14.5. The molecule has 4 heterocycles. The second-order valence-corrected chi connectivity index (χ2v) is 7.31. The van der Waals surface area contributed by atoms with Crippen LogP contribution in [0, 0.1) is 0 Å². The van der Waals surface area contributed by atoms with Crippen LogP contribution in [0.1, 0.15) is 16.8 Å². The summed E-state index contributed by atoms with van der Waals surface area (Å²) in [4.78, 5) is 25.9. The number of ether oxygens (including phenoxy) is 1. The van der Waals surface area contributed by atoms with E-state index in [1.165, 1.54) is 4.90 Å². The molecule has 1 aliphatic rings. The van der Waals surface area contributed by atoms with E-state index in [1.54, 1.807) is 42.7 Å². The molecule has 1 amide bonds. The van der Waals surface area contributed by atoms with Crippen LogP contribution in [0.2, 0.25) is 0 Å². The van der Waals surface area contributed by atoms with Crippen LogP contribution in [0.15, 0.2) is 60.9 Å². The SMILES string of the molecule is Cl.O=C(c1c[nH]c2cccnc12)N1CCC(F)(F)[C@@H](Oc2ccc3ccccc3n2)C1. The van der Waals surface area contributed by atoms with E-state index in [-0.39, 0.29) is 37.3 Å². The van der Waals surface area contributed by atoms with E-state index >= 15 is 0 Å². The molecule has 6 nitrogen and oxygen atoms in total. The van der Waals surface area contributed by atoms with Gasteiger partial charge in [-0.05, 0) is 24.3 Å². The fraction of sp³-hybridized carbons (Fsp3) is 0.227. The van der Waals surface area contributed by atoms with Gasteiger partial charge in [0.2, 0.25) is 5.88 Å². The Hall–Kier alpha value is -3.26. The molecule has 1 aromatic carbocycles. The molecule has 31 heavy (non-hydrogen) atoms. The molecule has 3 aromatic heterocycles. The first-order valence-electron chi connectivity index (χ1n) is 9.63. The summed E-state index contributed by atoms with van der Waals surface area (Å²) in [7, 11) is 0. The van der Waals surface area contributed by atoms with Gasteiger partial charge in [-0.3, -0.25) is 9.78 Å². The Morgan fingerprint density at radius 3 is 2.87 bits per heavy atom. The van der Waals surface area contributed by atoms with Gasteiger partial charge >= 0.3 is 0 Å². The number of nitrogens with zero attached hydrogens (tertiary/aromatic N) is 3. The number of halogens is 3. The highest BCUT2D eigenvalue weighted by Crippen LogP contribution is 2.33. The summed E-state index contributed by atoms with van der Waals surface area (Å²) in [5, 5.41) is 0.892. The van der Waals surface area contributed by atoms with Crippen LogP contribution in [-0.2, 0) is 0 Å². The van der Waals surface area contributed by atoms with Gasteiger partial charge in [0.15, 0.2) is 6.10 Å². The van der Waals surface area contributed by atoms with Gasteiger partial charge in [0.05, 0.1) is 23.1 Å². The van der Waals surface area contributed by atoms with Crippen molar-refractivity contribution in [1.82, 2.24) is 19.9 Å². The minimum absolute atomic E-state index is 0. The normalized spacial score (nSPS) is 18.0. The predicted molar refractivity (Wildman–Crippen MR) is 115 cm³/mol. The number of para-hydroxylation sites is 1. The number of likely N-dealkylation sites (tertiary alicyclic amines) is 1. The fourth-order valence-electron chi connectivity index (χ4n) is 3.72. The largest absolute Gasteiger partial charge is 0.466 e. The highest BCUT2D eigenvalue weighted by atomic mass is 35.5.